The van der Waals surface area contributed by atoms with Gasteiger partial charge in [0.05, 0.1) is 13.7 Å². The minimum absolute atomic E-state index is 0.0803. The molecule has 2 saturated heterocycles. The highest BCUT2D eigenvalue weighted by Crippen LogP contribution is 2.34. The summed E-state index contributed by atoms with van der Waals surface area (Å²) in [5.41, 5.74) is -0.0909. The third-order valence-electron chi connectivity index (χ3n) is 7.05. The lowest BCUT2D eigenvalue weighted by Gasteiger charge is -2.44. The van der Waals surface area contributed by atoms with E-state index in [1.165, 1.54) is 19.2 Å². The Kier molecular flexibility index (Phi) is 8.68. The Morgan fingerprint density at radius 1 is 0.762 bits per heavy atom. The molecule has 2 aromatic carbocycles. The van der Waals surface area contributed by atoms with Crippen LogP contribution in [0.3, 0.4) is 0 Å². The van der Waals surface area contributed by atoms with Gasteiger partial charge in [0.25, 0.3) is 0 Å². The van der Waals surface area contributed by atoms with Crippen LogP contribution in [0, 0.1) is 0 Å². The zero-order valence-corrected chi connectivity index (χ0v) is 22.0. The molecule has 0 saturated carbocycles. The Bertz CT molecular complexity index is 1440. The molecule has 8 N–H and O–H groups in total. The summed E-state index contributed by atoms with van der Waals surface area (Å²) in [7, 11) is 1.51. The first-order valence-electron chi connectivity index (χ1n) is 12.8. The first-order chi connectivity index (χ1) is 20.0. The van der Waals surface area contributed by atoms with E-state index in [2.05, 4.69) is 0 Å². The number of ether oxygens (including phenoxy) is 5. The lowest BCUT2D eigenvalue weighted by Crippen LogP contribution is -2.64. The lowest BCUT2D eigenvalue weighted by atomic mass is 9.99. The molecule has 5 rings (SSSR count). The number of aliphatic hydroxyl groups excluding tert-OH is 7. The van der Waals surface area contributed by atoms with Crippen LogP contribution in [0.25, 0.3) is 22.3 Å². The molecular formula is C27H30O15. The summed E-state index contributed by atoms with van der Waals surface area (Å²) in [6, 6.07) is 10.2. The standard InChI is InChI=1S/C27H30O15/c1-37-11-4-2-10(3-5-11)15-8-14(30)18-13(29)6-12(7-16(18)39-15)38-25-23(35)21(33)24(36)27(41-25)42-26-22(34)20(32)19(31)17(9-28)40-26/h2-8,17,19-29,31-36H,9H2,1H3. The van der Waals surface area contributed by atoms with E-state index in [0.717, 1.165) is 6.07 Å². The molecule has 15 nitrogen and oxygen atoms in total. The Morgan fingerprint density at radius 2 is 1.38 bits per heavy atom. The van der Waals surface area contributed by atoms with E-state index in [4.69, 9.17) is 28.1 Å². The van der Waals surface area contributed by atoms with Crippen molar-refractivity contribution in [2.45, 2.75) is 61.6 Å². The van der Waals surface area contributed by atoms with E-state index in [1.54, 1.807) is 24.3 Å². The summed E-state index contributed by atoms with van der Waals surface area (Å²) in [6.07, 6.45) is -17.6. The topological polar surface area (TPSA) is 238 Å². The van der Waals surface area contributed by atoms with Crippen LogP contribution in [-0.2, 0) is 14.2 Å². The van der Waals surface area contributed by atoms with Crippen molar-refractivity contribution in [2.75, 3.05) is 13.7 Å². The van der Waals surface area contributed by atoms with Crippen molar-refractivity contribution in [3.05, 3.63) is 52.7 Å². The van der Waals surface area contributed by atoms with Crippen molar-refractivity contribution in [1.82, 2.24) is 0 Å². The van der Waals surface area contributed by atoms with E-state index < -0.39 is 79.4 Å². The van der Waals surface area contributed by atoms with Gasteiger partial charge in [0.2, 0.25) is 6.29 Å². The molecule has 15 heteroatoms. The van der Waals surface area contributed by atoms with Gasteiger partial charge >= 0.3 is 0 Å². The quantitative estimate of drug-likeness (QED) is 0.150. The molecule has 0 aliphatic carbocycles. The van der Waals surface area contributed by atoms with Crippen molar-refractivity contribution in [3.63, 3.8) is 0 Å². The number of aromatic hydroxyl groups is 1. The van der Waals surface area contributed by atoms with Gasteiger partial charge in [0.1, 0.15) is 76.7 Å². The highest BCUT2D eigenvalue weighted by atomic mass is 16.8. The normalized spacial score (nSPS) is 33.4. The van der Waals surface area contributed by atoms with E-state index >= 15 is 0 Å². The van der Waals surface area contributed by atoms with Gasteiger partial charge in [-0.1, -0.05) is 0 Å². The van der Waals surface area contributed by atoms with E-state index in [9.17, 15) is 45.6 Å². The summed E-state index contributed by atoms with van der Waals surface area (Å²) in [6.45, 7) is -0.742. The average Bonchev–Trinajstić information content (AvgIpc) is 2.98. The van der Waals surface area contributed by atoms with Gasteiger partial charge in [-0.25, -0.2) is 0 Å². The third-order valence-corrected chi connectivity index (χ3v) is 7.05. The van der Waals surface area contributed by atoms with Crippen LogP contribution in [0.2, 0.25) is 0 Å². The number of phenols is 1. The van der Waals surface area contributed by atoms with Crippen molar-refractivity contribution in [3.8, 4) is 28.6 Å². The van der Waals surface area contributed by atoms with E-state index in [-0.39, 0.29) is 22.5 Å². The fourth-order valence-corrected chi connectivity index (χ4v) is 4.68. The Morgan fingerprint density at radius 3 is 2.02 bits per heavy atom. The molecule has 0 amide bonds. The van der Waals surface area contributed by atoms with Gasteiger partial charge in [-0.05, 0) is 24.3 Å². The highest BCUT2D eigenvalue weighted by Gasteiger charge is 2.50. The molecule has 228 valence electrons. The average molecular weight is 595 g/mol. The minimum atomic E-state index is -1.91. The van der Waals surface area contributed by atoms with Crippen LogP contribution < -0.4 is 14.9 Å². The second kappa shape index (κ2) is 12.1. The SMILES string of the molecule is COc1ccc(-c2cc(=O)c3c(O)cc(OC4OC(OC5OC(CO)C(O)C(O)C5O)C(O)C(O)C4O)cc3o2)cc1. The summed E-state index contributed by atoms with van der Waals surface area (Å²) in [5.74, 6) is 0.0707. The van der Waals surface area contributed by atoms with Gasteiger partial charge in [0.15, 0.2) is 18.0 Å². The maximum absolute atomic E-state index is 12.8. The molecular weight excluding hydrogens is 564 g/mol. The van der Waals surface area contributed by atoms with Crippen molar-refractivity contribution in [1.29, 1.82) is 0 Å². The maximum Gasteiger partial charge on any atom is 0.231 e. The summed E-state index contributed by atoms with van der Waals surface area (Å²) >= 11 is 0. The summed E-state index contributed by atoms with van der Waals surface area (Å²) in [5, 5.41) is 81.4. The fraction of sp³-hybridized carbons (Fsp3) is 0.444. The van der Waals surface area contributed by atoms with E-state index in [0.29, 0.717) is 11.3 Å². The second-order valence-electron chi connectivity index (χ2n) is 9.81. The van der Waals surface area contributed by atoms with Crippen molar-refractivity contribution < 1.29 is 69.0 Å². The number of fused-ring (bicyclic) bond motifs is 1. The zero-order chi connectivity index (χ0) is 30.3. The van der Waals surface area contributed by atoms with E-state index in [1.807, 2.05) is 0 Å². The Labute approximate surface area is 236 Å². The van der Waals surface area contributed by atoms with Crippen LogP contribution >= 0.6 is 0 Å². The number of phenolic OH excluding ortho intramolecular Hbond substituents is 1. The van der Waals surface area contributed by atoms with Crippen molar-refractivity contribution in [2.24, 2.45) is 0 Å². The van der Waals surface area contributed by atoms with Gasteiger partial charge < -0.3 is 69.0 Å². The number of hydrogen-bond acceptors (Lipinski definition) is 15. The maximum atomic E-state index is 12.8. The molecule has 10 unspecified atom stereocenters. The second-order valence-corrected chi connectivity index (χ2v) is 9.81. The lowest BCUT2D eigenvalue weighted by molar-refractivity contribution is -0.390. The largest absolute Gasteiger partial charge is 0.507 e. The molecule has 10 atom stereocenters. The summed E-state index contributed by atoms with van der Waals surface area (Å²) < 4.78 is 32.7. The molecule has 3 heterocycles. The molecule has 42 heavy (non-hydrogen) atoms. The van der Waals surface area contributed by atoms with Gasteiger partial charge in [-0.3, -0.25) is 4.79 Å². The smallest absolute Gasteiger partial charge is 0.231 e. The minimum Gasteiger partial charge on any atom is -0.507 e. The monoisotopic (exact) mass is 594 g/mol. The molecule has 2 aliphatic heterocycles. The predicted molar refractivity (Wildman–Crippen MR) is 138 cm³/mol. The Balaban J connectivity index is 1.39. The number of rotatable bonds is 7. The van der Waals surface area contributed by atoms with Gasteiger partial charge in [-0.2, -0.15) is 0 Å². The van der Waals surface area contributed by atoms with Crippen molar-refractivity contribution >= 4 is 11.0 Å². The molecule has 0 bridgehead atoms. The van der Waals surface area contributed by atoms with Crippen LogP contribution in [0.1, 0.15) is 0 Å². The molecule has 1 aromatic heterocycles. The predicted octanol–water partition coefficient (Wildman–Crippen LogP) is -1.87. The van der Waals surface area contributed by atoms with Crippen LogP contribution in [0.15, 0.2) is 51.7 Å². The fourth-order valence-electron chi connectivity index (χ4n) is 4.68. The molecule has 0 spiro atoms. The highest BCUT2D eigenvalue weighted by molar-refractivity contribution is 5.86. The number of hydrogen-bond donors (Lipinski definition) is 8. The zero-order valence-electron chi connectivity index (χ0n) is 22.0. The van der Waals surface area contributed by atoms with Crippen LogP contribution in [0.5, 0.6) is 17.2 Å². The van der Waals surface area contributed by atoms with Gasteiger partial charge in [-0.15, -0.1) is 0 Å². The first-order valence-corrected chi connectivity index (χ1v) is 12.8. The first kappa shape index (κ1) is 30.1. The molecule has 2 aliphatic rings. The number of aliphatic hydroxyl groups is 7. The molecule has 0 radical (unpaired) electrons. The molecule has 3 aromatic rings. The van der Waals surface area contributed by atoms with Crippen LogP contribution in [-0.4, -0.2) is 116 Å². The molecule has 2 fully saturated rings. The third kappa shape index (κ3) is 5.67. The number of benzene rings is 2. The number of methoxy groups -OCH3 is 1. The summed E-state index contributed by atoms with van der Waals surface area (Å²) in [4.78, 5) is 12.8. The van der Waals surface area contributed by atoms with Gasteiger partial charge in [0, 0.05) is 23.8 Å². The van der Waals surface area contributed by atoms with Crippen LogP contribution in [0.4, 0.5) is 0 Å². The Hall–Kier alpha value is -3.35.